The molecule has 0 aliphatic heterocycles. The summed E-state index contributed by atoms with van der Waals surface area (Å²) in [7, 11) is -3.39. The molecule has 0 bridgehead atoms. The zero-order valence-corrected chi connectivity index (χ0v) is 17.5. The van der Waals surface area contributed by atoms with Crippen molar-refractivity contribution in [3.63, 3.8) is 0 Å². The maximum Gasteiger partial charge on any atom is 0.232 e. The van der Waals surface area contributed by atoms with E-state index in [4.69, 9.17) is 0 Å². The predicted octanol–water partition coefficient (Wildman–Crippen LogP) is 3.54. The summed E-state index contributed by atoms with van der Waals surface area (Å²) < 4.78 is 25.6. The summed E-state index contributed by atoms with van der Waals surface area (Å²) in [6.07, 6.45) is 4.71. The largest absolute Gasteiger partial charge is 0.356 e. The molecule has 0 aromatic heterocycles. The number of benzene rings is 2. The van der Waals surface area contributed by atoms with Crippen molar-refractivity contribution < 1.29 is 13.2 Å². The molecular weight excluding hydrogens is 372 g/mol. The van der Waals surface area contributed by atoms with Gasteiger partial charge in [-0.3, -0.25) is 9.10 Å². The number of hydrogen-bond acceptors (Lipinski definition) is 3. The van der Waals surface area contributed by atoms with Gasteiger partial charge in [0.05, 0.1) is 11.9 Å². The molecule has 6 heteroatoms. The first-order valence-corrected chi connectivity index (χ1v) is 11.6. The van der Waals surface area contributed by atoms with Crippen molar-refractivity contribution in [2.45, 2.75) is 39.0 Å². The van der Waals surface area contributed by atoms with Gasteiger partial charge in [-0.15, -0.1) is 0 Å². The zero-order chi connectivity index (χ0) is 20.4. The summed E-state index contributed by atoms with van der Waals surface area (Å²) in [6, 6.07) is 17.7. The molecule has 0 spiro atoms. The minimum Gasteiger partial charge on any atom is -0.356 e. The number of sulfonamides is 1. The summed E-state index contributed by atoms with van der Waals surface area (Å²) in [4.78, 5) is 12.0. The number of nitrogens with zero attached hydrogens (tertiary/aromatic N) is 1. The van der Waals surface area contributed by atoms with Gasteiger partial charge in [0, 0.05) is 19.5 Å². The average Bonchev–Trinajstić information content (AvgIpc) is 2.68. The fraction of sp³-hybridized carbons (Fsp3) is 0.409. The van der Waals surface area contributed by atoms with Gasteiger partial charge in [0.2, 0.25) is 15.9 Å². The maximum absolute atomic E-state index is 12.1. The number of amides is 1. The molecule has 0 atom stereocenters. The molecule has 0 unspecified atom stereocenters. The number of rotatable bonds is 11. The van der Waals surface area contributed by atoms with E-state index in [2.05, 4.69) is 24.4 Å². The highest BCUT2D eigenvalue weighted by Gasteiger charge is 2.17. The van der Waals surface area contributed by atoms with Crippen LogP contribution >= 0.6 is 0 Å². The van der Waals surface area contributed by atoms with Gasteiger partial charge in [-0.2, -0.15) is 0 Å². The number of carbonyl (C=O) groups excluding carboxylic acids is 1. The van der Waals surface area contributed by atoms with Crippen molar-refractivity contribution in [3.8, 4) is 0 Å². The molecule has 0 radical (unpaired) electrons. The third kappa shape index (κ3) is 7.35. The molecule has 0 aliphatic rings. The Morgan fingerprint density at radius 3 is 2.25 bits per heavy atom. The molecule has 0 saturated carbocycles. The van der Waals surface area contributed by atoms with Gasteiger partial charge in [0.15, 0.2) is 0 Å². The molecule has 28 heavy (non-hydrogen) atoms. The van der Waals surface area contributed by atoms with Crippen LogP contribution in [0.1, 0.15) is 37.3 Å². The van der Waals surface area contributed by atoms with Crippen LogP contribution in [0, 0.1) is 0 Å². The van der Waals surface area contributed by atoms with E-state index in [9.17, 15) is 13.2 Å². The molecule has 0 fully saturated rings. The van der Waals surface area contributed by atoms with E-state index in [0.717, 1.165) is 24.8 Å². The van der Waals surface area contributed by atoms with Gasteiger partial charge in [-0.05, 0) is 48.9 Å². The van der Waals surface area contributed by atoms with Crippen LogP contribution < -0.4 is 9.62 Å². The lowest BCUT2D eigenvalue weighted by molar-refractivity contribution is -0.121. The molecule has 0 heterocycles. The van der Waals surface area contributed by atoms with E-state index in [0.29, 0.717) is 31.6 Å². The number of anilines is 1. The van der Waals surface area contributed by atoms with Gasteiger partial charge >= 0.3 is 0 Å². The summed E-state index contributed by atoms with van der Waals surface area (Å²) in [5.74, 6) is -0.0390. The Labute approximate surface area is 168 Å². The number of nitrogens with one attached hydrogen (secondary N) is 1. The van der Waals surface area contributed by atoms with Crippen molar-refractivity contribution in [3.05, 3.63) is 65.7 Å². The van der Waals surface area contributed by atoms with E-state index in [1.165, 1.54) is 16.1 Å². The van der Waals surface area contributed by atoms with Gasteiger partial charge in [-0.1, -0.05) is 49.4 Å². The normalized spacial score (nSPS) is 11.2. The van der Waals surface area contributed by atoms with Gasteiger partial charge < -0.3 is 5.32 Å². The van der Waals surface area contributed by atoms with Crippen LogP contribution in [0.25, 0.3) is 0 Å². The molecule has 2 aromatic rings. The van der Waals surface area contributed by atoms with Crippen molar-refractivity contribution in [2.24, 2.45) is 0 Å². The van der Waals surface area contributed by atoms with Gasteiger partial charge in [0.1, 0.15) is 0 Å². The number of carbonyl (C=O) groups is 1. The van der Waals surface area contributed by atoms with Crippen LogP contribution in [-0.4, -0.2) is 33.7 Å². The first-order valence-electron chi connectivity index (χ1n) is 9.77. The minimum atomic E-state index is -3.39. The summed E-state index contributed by atoms with van der Waals surface area (Å²) in [5.41, 5.74) is 3.06. The maximum atomic E-state index is 12.1. The van der Waals surface area contributed by atoms with Crippen molar-refractivity contribution >= 4 is 21.6 Å². The highest BCUT2D eigenvalue weighted by atomic mass is 32.2. The molecular formula is C22H30N2O3S. The van der Waals surface area contributed by atoms with Gasteiger partial charge in [0.25, 0.3) is 0 Å². The lowest BCUT2D eigenvalue weighted by Gasteiger charge is -2.22. The fourth-order valence-corrected chi connectivity index (χ4v) is 3.99. The lowest BCUT2D eigenvalue weighted by atomic mass is 10.1. The van der Waals surface area contributed by atoms with Crippen LogP contribution in [0.15, 0.2) is 54.6 Å². The first kappa shape index (κ1) is 22.0. The van der Waals surface area contributed by atoms with E-state index in [1.807, 2.05) is 42.5 Å². The quantitative estimate of drug-likeness (QED) is 0.585. The Morgan fingerprint density at radius 1 is 0.964 bits per heavy atom. The predicted molar refractivity (Wildman–Crippen MR) is 115 cm³/mol. The zero-order valence-electron chi connectivity index (χ0n) is 16.7. The number of aryl methyl sites for hydroxylation is 2. The molecule has 0 saturated heterocycles. The molecule has 2 aromatic carbocycles. The van der Waals surface area contributed by atoms with Crippen LogP contribution in [0.3, 0.4) is 0 Å². The molecule has 1 N–H and O–H groups in total. The Balaban J connectivity index is 1.75. The van der Waals surface area contributed by atoms with Crippen molar-refractivity contribution in [2.75, 3.05) is 23.7 Å². The Morgan fingerprint density at radius 2 is 1.64 bits per heavy atom. The molecule has 2 rings (SSSR count). The molecule has 0 aliphatic carbocycles. The molecule has 152 valence electrons. The average molecular weight is 403 g/mol. The topological polar surface area (TPSA) is 66.5 Å². The van der Waals surface area contributed by atoms with Crippen molar-refractivity contribution in [1.29, 1.82) is 0 Å². The highest BCUT2D eigenvalue weighted by molar-refractivity contribution is 7.92. The SMILES string of the molecule is CCc1ccc(N(CCCC(=O)NCCCc2ccccc2)S(C)(=O)=O)cc1. The Hall–Kier alpha value is -2.34. The smallest absolute Gasteiger partial charge is 0.232 e. The first-order chi connectivity index (χ1) is 13.4. The summed E-state index contributed by atoms with van der Waals surface area (Å²) >= 11 is 0. The van der Waals surface area contributed by atoms with E-state index in [-0.39, 0.29) is 5.91 Å². The van der Waals surface area contributed by atoms with E-state index in [1.54, 1.807) is 0 Å². The van der Waals surface area contributed by atoms with E-state index >= 15 is 0 Å². The van der Waals surface area contributed by atoms with Gasteiger partial charge in [-0.25, -0.2) is 8.42 Å². The van der Waals surface area contributed by atoms with Crippen LogP contribution in [0.2, 0.25) is 0 Å². The Kier molecular flexibility index (Phi) is 8.51. The summed E-state index contributed by atoms with van der Waals surface area (Å²) in [5, 5.41) is 2.91. The lowest BCUT2D eigenvalue weighted by Crippen LogP contribution is -2.32. The second-order valence-corrected chi connectivity index (χ2v) is 8.80. The number of hydrogen-bond donors (Lipinski definition) is 1. The van der Waals surface area contributed by atoms with E-state index < -0.39 is 10.0 Å². The van der Waals surface area contributed by atoms with Crippen LogP contribution in [0.4, 0.5) is 5.69 Å². The Bertz CT molecular complexity index is 834. The second-order valence-electron chi connectivity index (χ2n) is 6.90. The second kappa shape index (κ2) is 10.9. The fourth-order valence-electron chi connectivity index (χ4n) is 3.02. The third-order valence-corrected chi connectivity index (χ3v) is 5.80. The monoisotopic (exact) mass is 402 g/mol. The van der Waals surface area contributed by atoms with Crippen LogP contribution in [-0.2, 0) is 27.7 Å². The molecule has 1 amide bonds. The standard InChI is InChI=1S/C22H30N2O3S/c1-3-19-13-15-21(16-14-19)24(28(2,26)27)18-8-12-22(25)23-17-7-11-20-9-5-4-6-10-20/h4-6,9-10,13-16H,3,7-8,11-12,17-18H2,1-2H3,(H,23,25). The van der Waals surface area contributed by atoms with Crippen LogP contribution in [0.5, 0.6) is 0 Å². The third-order valence-electron chi connectivity index (χ3n) is 4.61. The highest BCUT2D eigenvalue weighted by Crippen LogP contribution is 2.19. The molecule has 5 nitrogen and oxygen atoms in total. The summed E-state index contributed by atoms with van der Waals surface area (Å²) in [6.45, 7) is 2.98. The van der Waals surface area contributed by atoms with Crippen molar-refractivity contribution in [1.82, 2.24) is 5.32 Å². The minimum absolute atomic E-state index is 0.0390.